The minimum atomic E-state index is -2.94. The molecule has 0 atom stereocenters. The van der Waals surface area contributed by atoms with E-state index in [1.807, 2.05) is 6.07 Å². The lowest BCUT2D eigenvalue weighted by molar-refractivity contribution is -0.0505. The molecule has 3 nitrogen and oxygen atoms in total. The molecule has 0 fully saturated rings. The quantitative estimate of drug-likeness (QED) is 0.835. The van der Waals surface area contributed by atoms with E-state index in [2.05, 4.69) is 4.74 Å². The molecule has 1 aromatic carbocycles. The molecule has 1 aromatic rings. The summed E-state index contributed by atoms with van der Waals surface area (Å²) in [5, 5.41) is 17.5. The fraction of sp³-hybridized carbons (Fsp3) is 0.300. The highest BCUT2D eigenvalue weighted by Gasteiger charge is 2.10. The number of nitrogens with zero attached hydrogens (tertiary/aromatic N) is 1. The van der Waals surface area contributed by atoms with Crippen LogP contribution in [0.2, 0.25) is 0 Å². The van der Waals surface area contributed by atoms with Crippen molar-refractivity contribution >= 4 is 0 Å². The van der Waals surface area contributed by atoms with E-state index in [0.717, 1.165) is 6.07 Å². The van der Waals surface area contributed by atoms with E-state index in [-0.39, 0.29) is 17.9 Å². The van der Waals surface area contributed by atoms with Gasteiger partial charge in [-0.1, -0.05) is 6.07 Å². The van der Waals surface area contributed by atoms with Crippen LogP contribution >= 0.6 is 0 Å². The molecular formula is C10H9F2NO2. The van der Waals surface area contributed by atoms with Gasteiger partial charge < -0.3 is 9.84 Å². The molecule has 0 bridgehead atoms. The van der Waals surface area contributed by atoms with Gasteiger partial charge in [-0.3, -0.25) is 0 Å². The predicted octanol–water partition coefficient (Wildman–Crippen LogP) is 2.45. The maximum Gasteiger partial charge on any atom is 0.387 e. The van der Waals surface area contributed by atoms with Gasteiger partial charge in [-0.05, 0) is 18.1 Å². The van der Waals surface area contributed by atoms with E-state index < -0.39 is 6.61 Å². The minimum absolute atomic E-state index is 0.0831. The van der Waals surface area contributed by atoms with Crippen molar-refractivity contribution < 1.29 is 18.6 Å². The van der Waals surface area contributed by atoms with Gasteiger partial charge in [0.05, 0.1) is 6.07 Å². The van der Waals surface area contributed by atoms with Crippen molar-refractivity contribution in [3.8, 4) is 17.6 Å². The highest BCUT2D eigenvalue weighted by Crippen LogP contribution is 2.26. The van der Waals surface area contributed by atoms with E-state index in [1.54, 1.807) is 0 Å². The minimum Gasteiger partial charge on any atom is -0.508 e. The van der Waals surface area contributed by atoms with Gasteiger partial charge in [-0.25, -0.2) is 0 Å². The van der Waals surface area contributed by atoms with Crippen LogP contribution in [0.3, 0.4) is 0 Å². The predicted molar refractivity (Wildman–Crippen MR) is 48.7 cm³/mol. The summed E-state index contributed by atoms with van der Waals surface area (Å²) in [7, 11) is 0. The van der Waals surface area contributed by atoms with Gasteiger partial charge in [-0.15, -0.1) is 0 Å². The number of rotatable bonds is 4. The lowest BCUT2D eigenvalue weighted by Crippen LogP contribution is -2.04. The van der Waals surface area contributed by atoms with Gasteiger partial charge in [0, 0.05) is 12.5 Å². The Morgan fingerprint density at radius 2 is 2.20 bits per heavy atom. The van der Waals surface area contributed by atoms with Crippen LogP contribution in [-0.2, 0) is 6.42 Å². The summed E-state index contributed by atoms with van der Waals surface area (Å²) in [5.74, 6) is -0.230. The molecule has 0 saturated heterocycles. The van der Waals surface area contributed by atoms with Crippen LogP contribution in [0.25, 0.3) is 0 Å². The van der Waals surface area contributed by atoms with Gasteiger partial charge in [0.25, 0.3) is 0 Å². The largest absolute Gasteiger partial charge is 0.508 e. The average Bonchev–Trinajstić information content (AvgIpc) is 2.16. The molecule has 0 aliphatic heterocycles. The number of aryl methyl sites for hydroxylation is 1. The van der Waals surface area contributed by atoms with Crippen LogP contribution in [0.1, 0.15) is 12.0 Å². The van der Waals surface area contributed by atoms with Gasteiger partial charge in [0.15, 0.2) is 0 Å². The number of hydrogen-bond donors (Lipinski definition) is 1. The third-order valence-electron chi connectivity index (χ3n) is 1.77. The molecule has 0 amide bonds. The average molecular weight is 213 g/mol. The highest BCUT2D eigenvalue weighted by molar-refractivity contribution is 5.40. The maximum atomic E-state index is 12.0. The van der Waals surface area contributed by atoms with Crippen molar-refractivity contribution in [3.63, 3.8) is 0 Å². The molecule has 0 aromatic heterocycles. The molecule has 0 spiro atoms. The van der Waals surface area contributed by atoms with E-state index in [9.17, 15) is 8.78 Å². The molecule has 80 valence electrons. The van der Waals surface area contributed by atoms with E-state index in [1.165, 1.54) is 12.1 Å². The molecule has 0 aliphatic rings. The first-order valence-electron chi connectivity index (χ1n) is 4.27. The third kappa shape index (κ3) is 3.43. The lowest BCUT2D eigenvalue weighted by atomic mass is 10.1. The zero-order valence-electron chi connectivity index (χ0n) is 7.78. The number of halogens is 2. The molecule has 1 rings (SSSR count). The first kappa shape index (κ1) is 11.2. The molecule has 0 unspecified atom stereocenters. The van der Waals surface area contributed by atoms with Crippen LogP contribution < -0.4 is 4.74 Å². The van der Waals surface area contributed by atoms with Crippen molar-refractivity contribution in [3.05, 3.63) is 23.8 Å². The number of hydrogen-bond acceptors (Lipinski definition) is 3. The van der Waals surface area contributed by atoms with Crippen LogP contribution in [0.15, 0.2) is 18.2 Å². The SMILES string of the molecule is N#CCCc1ccc(O)cc1OC(F)F. The molecule has 15 heavy (non-hydrogen) atoms. The summed E-state index contributed by atoms with van der Waals surface area (Å²) in [4.78, 5) is 0. The number of ether oxygens (including phenoxy) is 1. The van der Waals surface area contributed by atoms with Gasteiger partial charge in [0.2, 0.25) is 0 Å². The van der Waals surface area contributed by atoms with Crippen LogP contribution in [0.4, 0.5) is 8.78 Å². The summed E-state index contributed by atoms with van der Waals surface area (Å²) >= 11 is 0. The zero-order valence-corrected chi connectivity index (χ0v) is 7.78. The van der Waals surface area contributed by atoms with Gasteiger partial charge in [-0.2, -0.15) is 14.0 Å². The number of alkyl halides is 2. The Kier molecular flexibility index (Phi) is 3.86. The number of nitriles is 1. The molecule has 1 N–H and O–H groups in total. The molecule has 0 aliphatic carbocycles. The summed E-state index contributed by atoms with van der Waals surface area (Å²) in [6, 6.07) is 5.84. The smallest absolute Gasteiger partial charge is 0.387 e. The maximum absolute atomic E-state index is 12.0. The van der Waals surface area contributed by atoms with Crippen molar-refractivity contribution in [1.29, 1.82) is 5.26 Å². The Morgan fingerprint density at radius 3 is 2.80 bits per heavy atom. The van der Waals surface area contributed by atoms with Gasteiger partial charge >= 0.3 is 6.61 Å². The van der Waals surface area contributed by atoms with Crippen LogP contribution in [0, 0.1) is 11.3 Å². The first-order chi connectivity index (χ1) is 7.13. The fourth-order valence-corrected chi connectivity index (χ4v) is 1.15. The van der Waals surface area contributed by atoms with Crippen molar-refractivity contribution in [2.45, 2.75) is 19.5 Å². The first-order valence-corrected chi connectivity index (χ1v) is 4.27. The van der Waals surface area contributed by atoms with Gasteiger partial charge in [0.1, 0.15) is 11.5 Å². The molecular weight excluding hydrogens is 204 g/mol. The van der Waals surface area contributed by atoms with E-state index in [0.29, 0.717) is 12.0 Å². The Bertz CT molecular complexity index is 374. The van der Waals surface area contributed by atoms with Crippen molar-refractivity contribution in [1.82, 2.24) is 0 Å². The summed E-state index contributed by atoms with van der Waals surface area (Å²) < 4.78 is 28.2. The standard InChI is InChI=1S/C10H9F2NO2/c11-10(12)15-9-6-8(14)4-3-7(9)2-1-5-13/h3-4,6,10,14H,1-2H2. The normalized spacial score (nSPS) is 10.0. The summed E-state index contributed by atoms with van der Waals surface area (Å²) in [6.07, 6.45) is 0.531. The molecule has 0 radical (unpaired) electrons. The second-order valence-corrected chi connectivity index (χ2v) is 2.83. The van der Waals surface area contributed by atoms with Crippen LogP contribution in [-0.4, -0.2) is 11.7 Å². The molecule has 0 heterocycles. The second kappa shape index (κ2) is 5.15. The number of benzene rings is 1. The summed E-state index contributed by atoms with van der Waals surface area (Å²) in [6.45, 7) is -2.94. The number of phenols is 1. The topological polar surface area (TPSA) is 53.2 Å². The monoisotopic (exact) mass is 213 g/mol. The highest BCUT2D eigenvalue weighted by atomic mass is 19.3. The Hall–Kier alpha value is -1.83. The van der Waals surface area contributed by atoms with Crippen molar-refractivity contribution in [2.75, 3.05) is 0 Å². The fourth-order valence-electron chi connectivity index (χ4n) is 1.15. The Labute approximate surface area is 85.5 Å². The Morgan fingerprint density at radius 1 is 1.47 bits per heavy atom. The zero-order chi connectivity index (χ0) is 11.3. The van der Waals surface area contributed by atoms with Crippen LogP contribution in [0.5, 0.6) is 11.5 Å². The van der Waals surface area contributed by atoms with E-state index >= 15 is 0 Å². The lowest BCUT2D eigenvalue weighted by Gasteiger charge is -2.09. The number of phenolic OH excluding ortho intramolecular Hbond substituents is 1. The van der Waals surface area contributed by atoms with E-state index in [4.69, 9.17) is 10.4 Å². The molecule has 5 heteroatoms. The number of aromatic hydroxyl groups is 1. The second-order valence-electron chi connectivity index (χ2n) is 2.83. The summed E-state index contributed by atoms with van der Waals surface area (Å²) in [5.41, 5.74) is 0.481. The Balaban J connectivity index is 2.88. The third-order valence-corrected chi connectivity index (χ3v) is 1.77. The molecule has 0 saturated carbocycles. The van der Waals surface area contributed by atoms with Crippen molar-refractivity contribution in [2.24, 2.45) is 0 Å².